The summed E-state index contributed by atoms with van der Waals surface area (Å²) in [5, 5.41) is 2.95. The van der Waals surface area contributed by atoms with Crippen LogP contribution in [0.2, 0.25) is 0 Å². The van der Waals surface area contributed by atoms with E-state index in [1.54, 1.807) is 31.7 Å². The van der Waals surface area contributed by atoms with Gasteiger partial charge < -0.3 is 15.0 Å². The summed E-state index contributed by atoms with van der Waals surface area (Å²) in [5.74, 6) is -0.469. The van der Waals surface area contributed by atoms with Gasteiger partial charge in [-0.05, 0) is 43.2 Å². The minimum Gasteiger partial charge on any atom is -0.375 e. The van der Waals surface area contributed by atoms with Crippen LogP contribution in [0.1, 0.15) is 34.6 Å². The molecule has 0 saturated heterocycles. The first-order chi connectivity index (χ1) is 14.9. The van der Waals surface area contributed by atoms with E-state index in [1.807, 2.05) is 50.2 Å². The summed E-state index contributed by atoms with van der Waals surface area (Å²) in [6.45, 7) is 3.82. The van der Waals surface area contributed by atoms with Gasteiger partial charge in [-0.1, -0.05) is 29.8 Å². The summed E-state index contributed by atoms with van der Waals surface area (Å²) in [5.41, 5.74) is 4.66. The summed E-state index contributed by atoms with van der Waals surface area (Å²) in [7, 11) is 3.14. The molecular weight excluding hydrogens is 392 g/mol. The highest BCUT2D eigenvalue weighted by molar-refractivity contribution is 6.00. The summed E-state index contributed by atoms with van der Waals surface area (Å²) in [4.78, 5) is 35.2. The molecule has 0 aliphatic rings. The SMILES string of the molecule is COCC(=O)N(C)c1cc(C(=O)NC(C)c2cnccn2)cc(-c2ccc(C)cc2)c1. The zero-order chi connectivity index (χ0) is 22.4. The predicted molar refractivity (Wildman–Crippen MR) is 120 cm³/mol. The molecule has 31 heavy (non-hydrogen) atoms. The molecule has 0 aliphatic heterocycles. The first-order valence-electron chi connectivity index (χ1n) is 9.93. The molecule has 1 unspecified atom stereocenters. The summed E-state index contributed by atoms with van der Waals surface area (Å²) < 4.78 is 4.97. The molecule has 7 heteroatoms. The van der Waals surface area contributed by atoms with E-state index in [-0.39, 0.29) is 24.5 Å². The number of rotatable bonds is 7. The van der Waals surface area contributed by atoms with Crippen LogP contribution in [0.5, 0.6) is 0 Å². The second-order valence-electron chi connectivity index (χ2n) is 7.35. The number of anilines is 1. The van der Waals surface area contributed by atoms with E-state index in [0.717, 1.165) is 16.7 Å². The van der Waals surface area contributed by atoms with Gasteiger partial charge in [0.2, 0.25) is 0 Å². The van der Waals surface area contributed by atoms with Gasteiger partial charge in [0.05, 0.1) is 17.9 Å². The molecule has 1 N–H and O–H groups in total. The average Bonchev–Trinajstić information content (AvgIpc) is 2.79. The topological polar surface area (TPSA) is 84.4 Å². The molecule has 7 nitrogen and oxygen atoms in total. The number of carbonyl (C=O) groups is 2. The number of benzene rings is 2. The molecule has 2 amide bonds. The van der Waals surface area contributed by atoms with Crippen LogP contribution in [0, 0.1) is 6.92 Å². The smallest absolute Gasteiger partial charge is 0.252 e. The van der Waals surface area contributed by atoms with Crippen molar-refractivity contribution in [3.8, 4) is 11.1 Å². The lowest BCUT2D eigenvalue weighted by molar-refractivity contribution is -0.121. The van der Waals surface area contributed by atoms with E-state index < -0.39 is 0 Å². The number of nitrogens with one attached hydrogen (secondary N) is 1. The average molecular weight is 418 g/mol. The summed E-state index contributed by atoms with van der Waals surface area (Å²) >= 11 is 0. The van der Waals surface area contributed by atoms with Gasteiger partial charge in [0.25, 0.3) is 11.8 Å². The Balaban J connectivity index is 1.96. The van der Waals surface area contributed by atoms with Crippen LogP contribution in [-0.2, 0) is 9.53 Å². The molecule has 0 fully saturated rings. The van der Waals surface area contributed by atoms with Crippen molar-refractivity contribution < 1.29 is 14.3 Å². The van der Waals surface area contributed by atoms with E-state index in [4.69, 9.17) is 4.74 Å². The molecule has 3 aromatic rings. The maximum absolute atomic E-state index is 13.0. The van der Waals surface area contributed by atoms with Gasteiger partial charge in [0, 0.05) is 37.8 Å². The molecule has 2 aromatic carbocycles. The minimum atomic E-state index is -0.319. The third-order valence-corrected chi connectivity index (χ3v) is 4.97. The van der Waals surface area contributed by atoms with Crippen LogP contribution in [0.25, 0.3) is 11.1 Å². The Bertz CT molecular complexity index is 1050. The first kappa shape index (κ1) is 22.1. The Morgan fingerprint density at radius 1 is 1.10 bits per heavy atom. The third-order valence-electron chi connectivity index (χ3n) is 4.97. The van der Waals surface area contributed by atoms with E-state index in [0.29, 0.717) is 16.9 Å². The van der Waals surface area contributed by atoms with Gasteiger partial charge in [0.1, 0.15) is 6.61 Å². The Labute approximate surface area is 182 Å². The van der Waals surface area contributed by atoms with Crippen LogP contribution < -0.4 is 10.2 Å². The van der Waals surface area contributed by atoms with Crippen molar-refractivity contribution in [1.29, 1.82) is 0 Å². The van der Waals surface area contributed by atoms with Gasteiger partial charge in [0.15, 0.2) is 0 Å². The Kier molecular flexibility index (Phi) is 7.10. The molecule has 1 atom stereocenters. The van der Waals surface area contributed by atoms with Crippen molar-refractivity contribution in [3.05, 3.63) is 77.9 Å². The van der Waals surface area contributed by atoms with Crippen molar-refractivity contribution in [3.63, 3.8) is 0 Å². The largest absolute Gasteiger partial charge is 0.375 e. The lowest BCUT2D eigenvalue weighted by Gasteiger charge is -2.20. The number of nitrogens with zero attached hydrogens (tertiary/aromatic N) is 3. The van der Waals surface area contributed by atoms with Crippen molar-refractivity contribution in [2.75, 3.05) is 25.7 Å². The molecule has 1 aromatic heterocycles. The number of amides is 2. The Morgan fingerprint density at radius 2 is 1.84 bits per heavy atom. The second kappa shape index (κ2) is 9.95. The summed E-state index contributed by atoms with van der Waals surface area (Å²) in [6, 6.07) is 13.1. The highest BCUT2D eigenvalue weighted by Crippen LogP contribution is 2.27. The number of aromatic nitrogens is 2. The quantitative estimate of drug-likeness (QED) is 0.634. The number of aryl methyl sites for hydroxylation is 1. The Hall–Kier alpha value is -3.58. The predicted octanol–water partition coefficient (Wildman–Crippen LogP) is 3.55. The maximum atomic E-state index is 13.0. The number of methoxy groups -OCH3 is 1. The maximum Gasteiger partial charge on any atom is 0.252 e. The van der Waals surface area contributed by atoms with Crippen LogP contribution in [0.4, 0.5) is 5.69 Å². The van der Waals surface area contributed by atoms with Crippen LogP contribution in [0.15, 0.2) is 61.1 Å². The molecule has 160 valence electrons. The standard InChI is InChI=1S/C24H26N4O3/c1-16-5-7-18(8-6-16)19-11-20(13-21(12-19)28(3)23(29)15-31-4)24(30)27-17(2)22-14-25-9-10-26-22/h5-14,17H,15H2,1-4H3,(H,27,30). The first-order valence-corrected chi connectivity index (χ1v) is 9.93. The molecule has 0 saturated carbocycles. The van der Waals surface area contributed by atoms with Gasteiger partial charge in [-0.25, -0.2) is 0 Å². The van der Waals surface area contributed by atoms with Gasteiger partial charge in [-0.3, -0.25) is 19.6 Å². The monoisotopic (exact) mass is 418 g/mol. The lowest BCUT2D eigenvalue weighted by atomic mass is 10.00. The van der Waals surface area contributed by atoms with E-state index in [1.165, 1.54) is 12.0 Å². The molecule has 3 rings (SSSR count). The van der Waals surface area contributed by atoms with E-state index in [9.17, 15) is 9.59 Å². The molecule has 0 bridgehead atoms. The van der Waals surface area contributed by atoms with Crippen molar-refractivity contribution >= 4 is 17.5 Å². The molecule has 0 spiro atoms. The highest BCUT2D eigenvalue weighted by atomic mass is 16.5. The van der Waals surface area contributed by atoms with Gasteiger partial charge >= 0.3 is 0 Å². The number of hydrogen-bond donors (Lipinski definition) is 1. The molecule has 1 heterocycles. The Morgan fingerprint density at radius 3 is 2.48 bits per heavy atom. The van der Waals surface area contributed by atoms with Crippen molar-refractivity contribution in [1.82, 2.24) is 15.3 Å². The summed E-state index contributed by atoms with van der Waals surface area (Å²) in [6.07, 6.45) is 4.79. The van der Waals surface area contributed by atoms with Crippen LogP contribution in [-0.4, -0.2) is 42.5 Å². The normalized spacial score (nSPS) is 11.6. The van der Waals surface area contributed by atoms with E-state index >= 15 is 0 Å². The molecule has 0 aliphatic carbocycles. The van der Waals surface area contributed by atoms with Crippen molar-refractivity contribution in [2.24, 2.45) is 0 Å². The fourth-order valence-corrected chi connectivity index (χ4v) is 3.10. The van der Waals surface area contributed by atoms with Crippen molar-refractivity contribution in [2.45, 2.75) is 19.9 Å². The zero-order valence-corrected chi connectivity index (χ0v) is 18.1. The van der Waals surface area contributed by atoms with Crippen LogP contribution in [0.3, 0.4) is 0 Å². The highest BCUT2D eigenvalue weighted by Gasteiger charge is 2.18. The number of ether oxygens (including phenoxy) is 1. The third kappa shape index (κ3) is 5.52. The number of hydrogen-bond acceptors (Lipinski definition) is 5. The number of carbonyl (C=O) groups excluding carboxylic acids is 2. The van der Waals surface area contributed by atoms with E-state index in [2.05, 4.69) is 15.3 Å². The lowest BCUT2D eigenvalue weighted by Crippen LogP contribution is -2.31. The minimum absolute atomic E-state index is 0.0451. The van der Waals surface area contributed by atoms with Crippen LogP contribution >= 0.6 is 0 Å². The zero-order valence-electron chi connectivity index (χ0n) is 18.1. The fraction of sp³-hybridized carbons (Fsp3) is 0.250. The molecular formula is C24H26N4O3. The fourth-order valence-electron chi connectivity index (χ4n) is 3.10. The van der Waals surface area contributed by atoms with Gasteiger partial charge in [-0.15, -0.1) is 0 Å². The molecule has 0 radical (unpaired) electrons. The second-order valence-corrected chi connectivity index (χ2v) is 7.35. The number of likely N-dealkylation sites (N-methyl/N-ethyl adjacent to an activating group) is 1. The van der Waals surface area contributed by atoms with Gasteiger partial charge in [-0.2, -0.15) is 0 Å².